The highest BCUT2D eigenvalue weighted by Gasteiger charge is 2.49. The number of likely N-dealkylation sites (tertiary alicyclic amines) is 1. The fourth-order valence-corrected chi connectivity index (χ4v) is 4.20. The maximum absolute atomic E-state index is 6.19. The summed E-state index contributed by atoms with van der Waals surface area (Å²) in [6.07, 6.45) is 6.95. The summed E-state index contributed by atoms with van der Waals surface area (Å²) >= 11 is 0. The lowest BCUT2D eigenvalue weighted by Gasteiger charge is -2.58. The van der Waals surface area contributed by atoms with E-state index in [0.717, 1.165) is 12.5 Å². The highest BCUT2D eigenvalue weighted by Crippen LogP contribution is 2.40. The first kappa shape index (κ1) is 11.0. The van der Waals surface area contributed by atoms with E-state index < -0.39 is 0 Å². The van der Waals surface area contributed by atoms with E-state index >= 15 is 0 Å². The van der Waals surface area contributed by atoms with Crippen molar-refractivity contribution in [2.75, 3.05) is 39.3 Å². The molecule has 0 aliphatic carbocycles. The third-order valence-corrected chi connectivity index (χ3v) is 5.18. The van der Waals surface area contributed by atoms with Crippen LogP contribution in [0.1, 0.15) is 32.1 Å². The van der Waals surface area contributed by atoms with Gasteiger partial charge in [0, 0.05) is 18.6 Å². The Morgan fingerprint density at radius 3 is 2.19 bits per heavy atom. The molecule has 1 atom stereocenters. The zero-order valence-corrected chi connectivity index (χ0v) is 10.3. The molecule has 3 nitrogen and oxygen atoms in total. The first-order valence-electron chi connectivity index (χ1n) is 7.03. The Labute approximate surface area is 99.0 Å². The predicted octanol–water partition coefficient (Wildman–Crippen LogP) is 0.895. The Morgan fingerprint density at radius 2 is 1.69 bits per heavy atom. The maximum Gasteiger partial charge on any atom is 0.0487 e. The minimum absolute atomic E-state index is 0.344. The molecule has 4 fully saturated rings. The van der Waals surface area contributed by atoms with Crippen molar-refractivity contribution >= 4 is 0 Å². The van der Waals surface area contributed by atoms with Gasteiger partial charge >= 0.3 is 0 Å². The Morgan fingerprint density at radius 1 is 1.00 bits per heavy atom. The van der Waals surface area contributed by atoms with Gasteiger partial charge in [0.15, 0.2) is 0 Å². The minimum atomic E-state index is 0.344. The van der Waals surface area contributed by atoms with Crippen LogP contribution in [-0.4, -0.2) is 54.6 Å². The molecule has 1 unspecified atom stereocenters. The van der Waals surface area contributed by atoms with E-state index in [0.29, 0.717) is 5.54 Å². The molecule has 0 amide bonds. The number of fused-ring (bicyclic) bond motifs is 3. The van der Waals surface area contributed by atoms with Crippen LogP contribution < -0.4 is 5.73 Å². The van der Waals surface area contributed by atoms with Crippen LogP contribution in [0.5, 0.6) is 0 Å². The molecular weight excluding hydrogens is 198 g/mol. The van der Waals surface area contributed by atoms with E-state index in [-0.39, 0.29) is 0 Å². The van der Waals surface area contributed by atoms with Crippen molar-refractivity contribution in [1.29, 1.82) is 0 Å². The second-order valence-electron chi connectivity index (χ2n) is 5.91. The van der Waals surface area contributed by atoms with Crippen LogP contribution in [0.4, 0.5) is 0 Å². The quantitative estimate of drug-likeness (QED) is 0.755. The summed E-state index contributed by atoms with van der Waals surface area (Å²) in [7, 11) is 0. The number of rotatable bonds is 2. The van der Waals surface area contributed by atoms with Crippen LogP contribution in [0.3, 0.4) is 0 Å². The molecule has 4 aliphatic rings. The lowest BCUT2D eigenvalue weighted by molar-refractivity contribution is -0.0737. The van der Waals surface area contributed by atoms with Crippen LogP contribution >= 0.6 is 0 Å². The van der Waals surface area contributed by atoms with Gasteiger partial charge in [-0.15, -0.1) is 0 Å². The average molecular weight is 223 g/mol. The van der Waals surface area contributed by atoms with Gasteiger partial charge < -0.3 is 10.6 Å². The molecule has 92 valence electrons. The Balaban J connectivity index is 1.81. The zero-order valence-electron chi connectivity index (χ0n) is 10.3. The highest BCUT2D eigenvalue weighted by atomic mass is 15.3. The van der Waals surface area contributed by atoms with Crippen LogP contribution in [0, 0.1) is 5.92 Å². The predicted molar refractivity (Wildman–Crippen MR) is 66.4 cm³/mol. The Kier molecular flexibility index (Phi) is 2.94. The molecule has 0 aromatic heterocycles. The van der Waals surface area contributed by atoms with Gasteiger partial charge in [0.05, 0.1) is 0 Å². The summed E-state index contributed by atoms with van der Waals surface area (Å²) in [6, 6.07) is 0. The third-order valence-electron chi connectivity index (χ3n) is 5.18. The number of nitrogens with zero attached hydrogens (tertiary/aromatic N) is 2. The molecule has 4 aliphatic heterocycles. The SMILES string of the molecule is NCC1(N2CCCCC2)CN2CCC1CC2. The highest BCUT2D eigenvalue weighted by molar-refractivity contribution is 5.06. The second-order valence-corrected chi connectivity index (χ2v) is 5.91. The van der Waals surface area contributed by atoms with Gasteiger partial charge in [-0.1, -0.05) is 6.42 Å². The van der Waals surface area contributed by atoms with Gasteiger partial charge in [0.25, 0.3) is 0 Å². The normalized spacial score (nSPS) is 44.8. The largest absolute Gasteiger partial charge is 0.329 e. The minimum Gasteiger partial charge on any atom is -0.329 e. The summed E-state index contributed by atoms with van der Waals surface area (Å²) in [5.41, 5.74) is 6.53. The van der Waals surface area contributed by atoms with Gasteiger partial charge in [-0.05, 0) is 57.8 Å². The molecule has 0 aromatic carbocycles. The van der Waals surface area contributed by atoms with Crippen molar-refractivity contribution in [3.05, 3.63) is 0 Å². The van der Waals surface area contributed by atoms with Crippen molar-refractivity contribution in [1.82, 2.24) is 9.80 Å². The van der Waals surface area contributed by atoms with E-state index in [1.807, 2.05) is 0 Å². The summed E-state index contributed by atoms with van der Waals surface area (Å²) < 4.78 is 0. The monoisotopic (exact) mass is 223 g/mol. The third kappa shape index (κ3) is 1.60. The van der Waals surface area contributed by atoms with Crippen LogP contribution in [-0.2, 0) is 0 Å². The molecular formula is C13H25N3. The van der Waals surface area contributed by atoms with Gasteiger partial charge in [-0.2, -0.15) is 0 Å². The molecule has 0 saturated carbocycles. The maximum atomic E-state index is 6.19. The molecule has 4 saturated heterocycles. The van der Waals surface area contributed by atoms with Gasteiger partial charge in [-0.25, -0.2) is 0 Å². The Hall–Kier alpha value is -0.120. The van der Waals surface area contributed by atoms with E-state index in [1.54, 1.807) is 0 Å². The van der Waals surface area contributed by atoms with Gasteiger partial charge in [0.2, 0.25) is 0 Å². The average Bonchev–Trinajstić information content (AvgIpc) is 2.41. The van der Waals surface area contributed by atoms with Crippen LogP contribution in [0.25, 0.3) is 0 Å². The molecule has 0 aromatic rings. The number of nitrogens with two attached hydrogens (primary N) is 1. The standard InChI is InChI=1S/C13H25N3/c14-10-13(16-6-2-1-3-7-16)11-15-8-4-12(13)5-9-15/h12H,1-11,14H2. The molecule has 2 bridgehead atoms. The number of hydrogen-bond acceptors (Lipinski definition) is 3. The van der Waals surface area contributed by atoms with Gasteiger partial charge in [0.1, 0.15) is 0 Å². The zero-order chi connectivity index (χ0) is 11.0. The molecule has 16 heavy (non-hydrogen) atoms. The molecule has 2 N–H and O–H groups in total. The number of piperidine rings is 4. The summed E-state index contributed by atoms with van der Waals surface area (Å²) in [5.74, 6) is 0.876. The fourth-order valence-electron chi connectivity index (χ4n) is 4.20. The summed E-state index contributed by atoms with van der Waals surface area (Å²) in [6.45, 7) is 7.34. The molecule has 0 spiro atoms. The lowest BCUT2D eigenvalue weighted by atomic mass is 9.71. The van der Waals surface area contributed by atoms with Crippen molar-refractivity contribution in [2.24, 2.45) is 11.7 Å². The molecule has 4 heterocycles. The first-order chi connectivity index (χ1) is 7.85. The van der Waals surface area contributed by atoms with Crippen LogP contribution in [0.15, 0.2) is 0 Å². The Bertz CT molecular complexity index is 242. The number of hydrogen-bond donors (Lipinski definition) is 1. The van der Waals surface area contributed by atoms with Gasteiger partial charge in [-0.3, -0.25) is 4.90 Å². The van der Waals surface area contributed by atoms with E-state index in [4.69, 9.17) is 5.73 Å². The van der Waals surface area contributed by atoms with Crippen LogP contribution in [0.2, 0.25) is 0 Å². The van der Waals surface area contributed by atoms with Crippen molar-refractivity contribution < 1.29 is 0 Å². The first-order valence-corrected chi connectivity index (χ1v) is 7.03. The van der Waals surface area contributed by atoms with Crippen molar-refractivity contribution in [3.8, 4) is 0 Å². The van der Waals surface area contributed by atoms with E-state index in [2.05, 4.69) is 9.80 Å². The van der Waals surface area contributed by atoms with Crippen molar-refractivity contribution in [3.63, 3.8) is 0 Å². The van der Waals surface area contributed by atoms with E-state index in [1.165, 1.54) is 64.8 Å². The van der Waals surface area contributed by atoms with Crippen molar-refractivity contribution in [2.45, 2.75) is 37.6 Å². The summed E-state index contributed by atoms with van der Waals surface area (Å²) in [4.78, 5) is 5.38. The molecule has 4 rings (SSSR count). The topological polar surface area (TPSA) is 32.5 Å². The summed E-state index contributed by atoms with van der Waals surface area (Å²) in [5, 5.41) is 0. The smallest absolute Gasteiger partial charge is 0.0487 e. The lowest BCUT2D eigenvalue weighted by Crippen LogP contribution is -2.70. The fraction of sp³-hybridized carbons (Fsp3) is 1.00. The second kappa shape index (κ2) is 4.28. The van der Waals surface area contributed by atoms with E-state index in [9.17, 15) is 0 Å². The molecule has 0 radical (unpaired) electrons. The molecule has 3 heteroatoms.